The lowest BCUT2D eigenvalue weighted by molar-refractivity contribution is -0.0492. The smallest absolute Gasteiger partial charge is 0.372 e. The van der Waals surface area contributed by atoms with Crippen molar-refractivity contribution < 1.29 is 23.0 Å². The molecule has 0 bridgehead atoms. The van der Waals surface area contributed by atoms with Crippen molar-refractivity contribution in [2.75, 3.05) is 24.7 Å². The largest absolute Gasteiger partial charge is 0.511 e. The summed E-state index contributed by atoms with van der Waals surface area (Å²) in [6.45, 7) is 0.465. The number of nitrogens with one attached hydrogen (secondary N) is 2. The third-order valence-corrected chi connectivity index (χ3v) is 8.96. The highest BCUT2D eigenvalue weighted by Crippen LogP contribution is 2.39. The van der Waals surface area contributed by atoms with E-state index in [9.17, 15) is 21.6 Å². The van der Waals surface area contributed by atoms with Gasteiger partial charge in [-0.25, -0.2) is 8.42 Å². The zero-order chi connectivity index (χ0) is 24.6. The van der Waals surface area contributed by atoms with Crippen molar-refractivity contribution in [2.45, 2.75) is 56.6 Å². The molecule has 2 aliphatic heterocycles. The molecule has 3 aliphatic rings. The molecule has 1 aliphatic carbocycles. The first kappa shape index (κ1) is 24.2. The Morgan fingerprint density at radius 2 is 1.94 bits per heavy atom. The van der Waals surface area contributed by atoms with Gasteiger partial charge in [0.05, 0.1) is 18.7 Å². The Morgan fingerprint density at radius 1 is 1.14 bits per heavy atom. The Bertz CT molecular complexity index is 1220. The second-order valence-electron chi connectivity index (χ2n) is 9.61. The number of nitrogens with zero attached hydrogens (tertiary/aromatic N) is 3. The number of hydrogen-bond donors (Lipinski definition) is 2. The van der Waals surface area contributed by atoms with Crippen LogP contribution in [0.5, 0.6) is 0 Å². The number of hydrogen-bond acceptors (Lipinski definition) is 6. The van der Waals surface area contributed by atoms with Gasteiger partial charge in [-0.2, -0.15) is 17.5 Å². The van der Waals surface area contributed by atoms with E-state index >= 15 is 0 Å². The van der Waals surface area contributed by atoms with Gasteiger partial charge in [0.25, 0.3) is 0 Å². The minimum atomic E-state index is -5.51. The molecule has 2 aromatic rings. The van der Waals surface area contributed by atoms with Crippen LogP contribution in [0.25, 0.3) is 10.9 Å². The predicted octanol–water partition coefficient (Wildman–Crippen LogP) is 4.28. The molecule has 1 aromatic carbocycles. The van der Waals surface area contributed by atoms with Gasteiger partial charge >= 0.3 is 15.5 Å². The molecule has 1 atom stereocenters. The lowest BCUT2D eigenvalue weighted by atomic mass is 9.97. The van der Waals surface area contributed by atoms with E-state index in [0.717, 1.165) is 30.6 Å². The minimum absolute atomic E-state index is 0. The summed E-state index contributed by atoms with van der Waals surface area (Å²) < 4.78 is 67.2. The fourth-order valence-electron chi connectivity index (χ4n) is 5.60. The van der Waals surface area contributed by atoms with Crippen molar-refractivity contribution in [1.29, 1.82) is 0 Å². The van der Waals surface area contributed by atoms with Gasteiger partial charge < -0.3 is 15.5 Å². The van der Waals surface area contributed by atoms with E-state index in [2.05, 4.69) is 20.5 Å². The molecule has 1 fully saturated rings. The predicted molar refractivity (Wildman–Crippen MR) is 131 cm³/mol. The quantitative estimate of drug-likeness (QED) is 0.603. The molecule has 0 radical (unpaired) electrons. The average Bonchev–Trinajstić information content (AvgIpc) is 3.51. The summed E-state index contributed by atoms with van der Waals surface area (Å²) in [6, 6.07) is 6.86. The van der Waals surface area contributed by atoms with Crippen LogP contribution < -0.4 is 15.5 Å². The van der Waals surface area contributed by atoms with Crippen LogP contribution in [0.15, 0.2) is 42.4 Å². The molecule has 5 rings (SSSR count). The number of halogens is 3. The van der Waals surface area contributed by atoms with Crippen molar-refractivity contribution in [3.8, 4) is 0 Å². The molecular formula is C24H32F3N5O2S. The van der Waals surface area contributed by atoms with Gasteiger partial charge in [0.2, 0.25) is 0 Å². The lowest BCUT2D eigenvalue weighted by Crippen LogP contribution is -2.48. The summed E-state index contributed by atoms with van der Waals surface area (Å²) in [4.78, 5) is 6.44. The molecule has 1 unspecified atom stereocenters. The molecule has 0 amide bonds. The third-order valence-electron chi connectivity index (χ3n) is 7.42. The maximum absolute atomic E-state index is 13.7. The average molecular weight is 512 g/mol. The van der Waals surface area contributed by atoms with Gasteiger partial charge in [0.1, 0.15) is 0 Å². The number of aromatic nitrogens is 1. The van der Waals surface area contributed by atoms with E-state index in [1.807, 2.05) is 18.3 Å². The Morgan fingerprint density at radius 3 is 2.66 bits per heavy atom. The second-order valence-corrected chi connectivity index (χ2v) is 11.5. The SMILES string of the molecule is O=S(=O)(N1Cc2c(ccc3ncccc23)N(CC2=CNCN2)C(CCC2CCCC2)C1)C(F)(F)F.[HH]. The molecule has 0 saturated heterocycles. The van der Waals surface area contributed by atoms with E-state index in [1.165, 1.54) is 12.8 Å². The number of sulfonamides is 1. The van der Waals surface area contributed by atoms with E-state index < -0.39 is 21.6 Å². The summed E-state index contributed by atoms with van der Waals surface area (Å²) in [6.07, 6.45) is 9.59. The van der Waals surface area contributed by atoms with E-state index in [-0.39, 0.29) is 14.5 Å². The summed E-state index contributed by atoms with van der Waals surface area (Å²) >= 11 is 0. The molecule has 7 nitrogen and oxygen atoms in total. The van der Waals surface area contributed by atoms with Gasteiger partial charge in [0, 0.05) is 55.3 Å². The van der Waals surface area contributed by atoms with Crippen LogP contribution in [0.2, 0.25) is 0 Å². The normalized spacial score (nSPS) is 22.0. The van der Waals surface area contributed by atoms with Crippen LogP contribution in [0, 0.1) is 5.92 Å². The maximum Gasteiger partial charge on any atom is 0.511 e. The number of rotatable bonds is 6. The molecule has 1 saturated carbocycles. The van der Waals surface area contributed by atoms with Crippen LogP contribution >= 0.6 is 0 Å². The molecule has 11 heteroatoms. The monoisotopic (exact) mass is 511 g/mol. The van der Waals surface area contributed by atoms with Crippen molar-refractivity contribution in [2.24, 2.45) is 5.92 Å². The van der Waals surface area contributed by atoms with Gasteiger partial charge in [0.15, 0.2) is 0 Å². The van der Waals surface area contributed by atoms with Gasteiger partial charge in [-0.1, -0.05) is 31.7 Å². The fraction of sp³-hybridized carbons (Fsp3) is 0.542. The first-order valence-electron chi connectivity index (χ1n) is 12.1. The molecule has 2 N–H and O–H groups in total. The van der Waals surface area contributed by atoms with E-state index in [0.29, 0.717) is 46.3 Å². The summed E-state index contributed by atoms with van der Waals surface area (Å²) in [5.74, 6) is 0.540. The Labute approximate surface area is 204 Å². The zero-order valence-electron chi connectivity index (χ0n) is 19.4. The molecule has 0 spiro atoms. The Hall–Kier alpha value is -2.53. The van der Waals surface area contributed by atoms with Crippen molar-refractivity contribution >= 4 is 26.6 Å². The minimum Gasteiger partial charge on any atom is -0.372 e. The standard InChI is InChI=1S/C24H30F3N5O2S.H2/c25-24(26,27)35(33,34)31-14-19(8-7-17-4-1-2-5-17)32(13-18-12-28-16-30-18)23-10-9-22-20(21(23)15-31)6-3-11-29-22;/h3,6,9-12,17,19,28,30H,1-2,4-5,7-8,13-16H2;1H. The van der Waals surface area contributed by atoms with Crippen LogP contribution in [0.1, 0.15) is 45.5 Å². The van der Waals surface area contributed by atoms with Gasteiger partial charge in [-0.3, -0.25) is 4.98 Å². The summed E-state index contributed by atoms with van der Waals surface area (Å²) in [7, 11) is -5.51. The van der Waals surface area contributed by atoms with E-state index in [4.69, 9.17) is 0 Å². The van der Waals surface area contributed by atoms with Crippen LogP contribution in [0.3, 0.4) is 0 Å². The number of alkyl halides is 3. The van der Waals surface area contributed by atoms with Crippen LogP contribution in [-0.2, 0) is 16.6 Å². The number of pyridine rings is 1. The molecule has 35 heavy (non-hydrogen) atoms. The highest BCUT2D eigenvalue weighted by molar-refractivity contribution is 7.89. The number of fused-ring (bicyclic) bond motifs is 3. The van der Waals surface area contributed by atoms with Crippen LogP contribution in [-0.4, -0.2) is 49.0 Å². The van der Waals surface area contributed by atoms with Crippen LogP contribution in [0.4, 0.5) is 18.9 Å². The fourth-order valence-corrected chi connectivity index (χ4v) is 6.56. The zero-order valence-corrected chi connectivity index (χ0v) is 20.2. The Balaban J connectivity index is 0.00000304. The maximum atomic E-state index is 13.7. The first-order valence-corrected chi connectivity index (χ1v) is 13.5. The molecule has 192 valence electrons. The summed E-state index contributed by atoms with van der Waals surface area (Å²) in [5, 5.41) is 7.04. The highest BCUT2D eigenvalue weighted by Gasteiger charge is 2.51. The Kier molecular flexibility index (Phi) is 6.56. The van der Waals surface area contributed by atoms with Gasteiger partial charge in [-0.15, -0.1) is 0 Å². The third kappa shape index (κ3) is 4.80. The van der Waals surface area contributed by atoms with Gasteiger partial charge in [-0.05, 0) is 37.0 Å². The van der Waals surface area contributed by atoms with Crippen molar-refractivity contribution in [3.05, 3.63) is 47.9 Å². The molecule has 3 heterocycles. The van der Waals surface area contributed by atoms with E-state index in [1.54, 1.807) is 18.3 Å². The summed E-state index contributed by atoms with van der Waals surface area (Å²) in [5.41, 5.74) is -2.50. The number of anilines is 1. The topological polar surface area (TPSA) is 77.6 Å². The van der Waals surface area contributed by atoms with Crippen molar-refractivity contribution in [1.82, 2.24) is 19.9 Å². The highest BCUT2D eigenvalue weighted by atomic mass is 32.2. The first-order chi connectivity index (χ1) is 16.7. The lowest BCUT2D eigenvalue weighted by Gasteiger charge is -2.35. The second kappa shape index (κ2) is 9.50. The van der Waals surface area contributed by atoms with Crippen molar-refractivity contribution in [3.63, 3.8) is 0 Å². The molecular weight excluding hydrogens is 479 g/mol. The molecule has 1 aromatic heterocycles. The number of benzene rings is 1.